The van der Waals surface area contributed by atoms with Gasteiger partial charge in [-0.05, 0) is 30.7 Å². The summed E-state index contributed by atoms with van der Waals surface area (Å²) in [6.45, 7) is 1.88. The molecule has 0 amide bonds. The van der Waals surface area contributed by atoms with Crippen LogP contribution in [0.15, 0.2) is 24.3 Å². The molecule has 19 heavy (non-hydrogen) atoms. The minimum absolute atomic E-state index is 0.0871. The summed E-state index contributed by atoms with van der Waals surface area (Å²) < 4.78 is 33.1. The molecule has 0 atom stereocenters. The average Bonchev–Trinajstić information content (AvgIpc) is 2.79. The molecule has 0 saturated heterocycles. The Morgan fingerprint density at radius 3 is 2.42 bits per heavy atom. The molecule has 0 saturated carbocycles. The third-order valence-electron chi connectivity index (χ3n) is 2.29. The van der Waals surface area contributed by atoms with E-state index in [4.69, 9.17) is 5.73 Å². The van der Waals surface area contributed by atoms with Gasteiger partial charge < -0.3 is 5.73 Å². The first-order valence-corrected chi connectivity index (χ1v) is 7.59. The molecule has 0 aliphatic heterocycles. The maximum Gasteiger partial charge on any atom is 0.366 e. The fraction of sp³-hybridized carbons (Fsp3) is 0.200. The van der Waals surface area contributed by atoms with E-state index in [0.29, 0.717) is 17.1 Å². The van der Waals surface area contributed by atoms with E-state index >= 15 is 0 Å². The largest absolute Gasteiger partial charge is 0.399 e. The van der Waals surface area contributed by atoms with Crippen molar-refractivity contribution in [3.05, 3.63) is 29.3 Å². The number of benzene rings is 1. The van der Waals surface area contributed by atoms with Crippen molar-refractivity contribution in [2.24, 2.45) is 0 Å². The first kappa shape index (κ1) is 13.7. The highest BCUT2D eigenvalue weighted by atomic mass is 32.2. The maximum atomic E-state index is 11.5. The van der Waals surface area contributed by atoms with Gasteiger partial charge >= 0.3 is 10.3 Å². The lowest BCUT2D eigenvalue weighted by Crippen LogP contribution is -2.25. The lowest BCUT2D eigenvalue weighted by Gasteiger charge is -2.16. The highest BCUT2D eigenvalue weighted by Gasteiger charge is 2.25. The normalized spacial score (nSPS) is 11.5. The van der Waals surface area contributed by atoms with Crippen molar-refractivity contribution in [3.8, 4) is 0 Å². The number of hydrogen-bond acceptors (Lipinski definition) is 6. The van der Waals surface area contributed by atoms with Crippen LogP contribution in [0.5, 0.6) is 0 Å². The zero-order valence-electron chi connectivity index (χ0n) is 10.0. The van der Waals surface area contributed by atoms with Gasteiger partial charge in [-0.25, -0.2) is 0 Å². The van der Waals surface area contributed by atoms with Crippen LogP contribution in [0, 0.1) is 0 Å². The molecular weight excluding hydrogens is 288 g/mol. The number of hydrogen-bond donors (Lipinski definition) is 2. The van der Waals surface area contributed by atoms with Crippen LogP contribution >= 0.6 is 11.3 Å². The van der Waals surface area contributed by atoms with E-state index in [9.17, 15) is 13.0 Å². The Labute approximate surface area is 114 Å². The number of aromatic nitrogens is 2. The van der Waals surface area contributed by atoms with Crippen LogP contribution < -0.4 is 10.0 Å². The second-order valence-electron chi connectivity index (χ2n) is 3.67. The van der Waals surface area contributed by atoms with E-state index in [0.717, 1.165) is 15.6 Å². The summed E-state index contributed by atoms with van der Waals surface area (Å²) in [4.78, 5) is 0. The lowest BCUT2D eigenvalue weighted by atomic mass is 10.3. The van der Waals surface area contributed by atoms with Gasteiger partial charge in [0.1, 0.15) is 5.01 Å². The Kier molecular flexibility index (Phi) is 3.69. The van der Waals surface area contributed by atoms with E-state index in [-0.39, 0.29) is 10.8 Å². The molecule has 0 unspecified atom stereocenters. The van der Waals surface area contributed by atoms with Gasteiger partial charge in [-0.2, -0.15) is 12.7 Å². The Bertz CT molecular complexity index is 666. The third-order valence-corrected chi connectivity index (χ3v) is 4.30. The molecule has 0 fully saturated rings. The first-order valence-electron chi connectivity index (χ1n) is 5.37. The number of aryl methyl sites for hydroxylation is 1. The van der Waals surface area contributed by atoms with Gasteiger partial charge in [0.05, 0.1) is 5.69 Å². The lowest BCUT2D eigenvalue weighted by molar-refractivity contribution is 0.483. The molecule has 2 aromatic rings. The highest BCUT2D eigenvalue weighted by Crippen LogP contribution is 2.31. The standard InChI is InChI=1S/C10H12N4O3S2/c1-2-9-12-13-10(18-9)14(19(15,16)17)8-5-3-7(11)4-6-8/h3-6H,2,11H2,1H3,(H,15,16,17). The van der Waals surface area contributed by atoms with Crippen molar-refractivity contribution < 1.29 is 13.0 Å². The molecule has 0 spiro atoms. The highest BCUT2D eigenvalue weighted by molar-refractivity contribution is 7.87. The van der Waals surface area contributed by atoms with Crippen molar-refractivity contribution in [1.82, 2.24) is 10.2 Å². The molecular formula is C10H12N4O3S2. The summed E-state index contributed by atoms with van der Waals surface area (Å²) in [5.41, 5.74) is 6.28. The van der Waals surface area contributed by atoms with E-state index < -0.39 is 10.3 Å². The number of anilines is 3. The predicted molar refractivity (Wildman–Crippen MR) is 73.8 cm³/mol. The van der Waals surface area contributed by atoms with Crippen LogP contribution in [0.3, 0.4) is 0 Å². The SMILES string of the molecule is CCc1nnc(N(c2ccc(N)cc2)S(=O)(=O)O)s1. The Morgan fingerprint density at radius 1 is 1.32 bits per heavy atom. The second kappa shape index (κ2) is 5.11. The van der Waals surface area contributed by atoms with Crippen LogP contribution in [0.25, 0.3) is 0 Å². The van der Waals surface area contributed by atoms with Gasteiger partial charge in [0.15, 0.2) is 0 Å². The summed E-state index contributed by atoms with van der Waals surface area (Å²) in [6, 6.07) is 6.04. The summed E-state index contributed by atoms with van der Waals surface area (Å²) in [5, 5.41) is 8.38. The molecule has 0 bridgehead atoms. The van der Waals surface area contributed by atoms with Crippen LogP contribution in [-0.2, 0) is 16.7 Å². The molecule has 1 aromatic heterocycles. The summed E-state index contributed by atoms with van der Waals surface area (Å²) >= 11 is 1.10. The van der Waals surface area contributed by atoms with Crippen molar-refractivity contribution >= 4 is 38.1 Å². The topological polar surface area (TPSA) is 109 Å². The van der Waals surface area contributed by atoms with Crippen LogP contribution in [0.2, 0.25) is 0 Å². The maximum absolute atomic E-state index is 11.5. The van der Waals surface area contributed by atoms with E-state index in [2.05, 4.69) is 10.2 Å². The molecule has 0 radical (unpaired) electrons. The number of nitrogens with zero attached hydrogens (tertiary/aromatic N) is 3. The molecule has 0 aliphatic rings. The van der Waals surface area contributed by atoms with Gasteiger partial charge in [-0.1, -0.05) is 18.3 Å². The van der Waals surface area contributed by atoms with Crippen LogP contribution in [-0.4, -0.2) is 23.2 Å². The smallest absolute Gasteiger partial charge is 0.366 e. The van der Waals surface area contributed by atoms with Crippen molar-refractivity contribution in [1.29, 1.82) is 0 Å². The minimum Gasteiger partial charge on any atom is -0.399 e. The first-order chi connectivity index (χ1) is 8.91. The van der Waals surface area contributed by atoms with Gasteiger partial charge in [0.2, 0.25) is 5.13 Å². The molecule has 3 N–H and O–H groups in total. The third kappa shape index (κ3) is 3.00. The molecule has 2 rings (SSSR count). The van der Waals surface area contributed by atoms with Crippen molar-refractivity contribution in [2.45, 2.75) is 13.3 Å². The zero-order chi connectivity index (χ0) is 14.0. The van der Waals surface area contributed by atoms with Crippen LogP contribution in [0.4, 0.5) is 16.5 Å². The number of rotatable bonds is 4. The summed E-state index contributed by atoms with van der Waals surface area (Å²) in [5.74, 6) is 0. The van der Waals surface area contributed by atoms with Gasteiger partial charge in [0.25, 0.3) is 0 Å². The molecule has 1 heterocycles. The number of nitrogen functional groups attached to an aromatic ring is 1. The van der Waals surface area contributed by atoms with E-state index in [1.54, 1.807) is 0 Å². The van der Waals surface area contributed by atoms with Gasteiger partial charge in [-0.3, -0.25) is 4.55 Å². The van der Waals surface area contributed by atoms with Crippen molar-refractivity contribution in [3.63, 3.8) is 0 Å². The monoisotopic (exact) mass is 300 g/mol. The Morgan fingerprint density at radius 2 is 1.95 bits per heavy atom. The molecule has 1 aromatic carbocycles. The molecule has 7 nitrogen and oxygen atoms in total. The fourth-order valence-corrected chi connectivity index (χ4v) is 3.14. The number of nitrogens with two attached hydrogens (primary N) is 1. The predicted octanol–water partition coefficient (Wildman–Crippen LogP) is 1.62. The van der Waals surface area contributed by atoms with Crippen molar-refractivity contribution in [2.75, 3.05) is 10.0 Å². The fourth-order valence-electron chi connectivity index (χ4n) is 1.42. The second-order valence-corrected chi connectivity index (χ2v) is 5.97. The van der Waals surface area contributed by atoms with Gasteiger partial charge in [-0.15, -0.1) is 10.2 Å². The Hall–Kier alpha value is -1.71. The van der Waals surface area contributed by atoms with Gasteiger partial charge in [0, 0.05) is 5.69 Å². The minimum atomic E-state index is -4.48. The summed E-state index contributed by atoms with van der Waals surface area (Å²) in [6.07, 6.45) is 0.638. The average molecular weight is 300 g/mol. The quantitative estimate of drug-likeness (QED) is 0.656. The van der Waals surface area contributed by atoms with E-state index in [1.165, 1.54) is 24.3 Å². The molecule has 0 aliphatic carbocycles. The molecule has 102 valence electrons. The summed E-state index contributed by atoms with van der Waals surface area (Å²) in [7, 11) is -4.48. The Balaban J connectivity index is 2.50. The zero-order valence-corrected chi connectivity index (χ0v) is 11.6. The molecule has 9 heteroatoms. The van der Waals surface area contributed by atoms with E-state index in [1.807, 2.05) is 6.92 Å². The van der Waals surface area contributed by atoms with Crippen LogP contribution in [0.1, 0.15) is 11.9 Å².